The molecule has 26 heavy (non-hydrogen) atoms. The lowest BCUT2D eigenvalue weighted by Gasteiger charge is -2.35. The van der Waals surface area contributed by atoms with Crippen molar-refractivity contribution in [3.63, 3.8) is 0 Å². The molecule has 0 radical (unpaired) electrons. The quantitative estimate of drug-likeness (QED) is 0.345. The Kier molecular flexibility index (Phi) is 8.96. The molecule has 0 saturated heterocycles. The Labute approximate surface area is 160 Å². The second kappa shape index (κ2) is 11.0. The van der Waals surface area contributed by atoms with Crippen LogP contribution >= 0.6 is 0 Å². The summed E-state index contributed by atoms with van der Waals surface area (Å²) in [6, 6.07) is 2.57. The van der Waals surface area contributed by atoms with E-state index in [1.54, 1.807) is 0 Å². The average molecular weight is 362 g/mol. The van der Waals surface area contributed by atoms with E-state index in [1.165, 1.54) is 38.5 Å². The van der Waals surface area contributed by atoms with Gasteiger partial charge in [0.15, 0.2) is 0 Å². The summed E-state index contributed by atoms with van der Waals surface area (Å²) < 4.78 is 5.86. The van der Waals surface area contributed by atoms with E-state index in [4.69, 9.17) is 4.74 Å². The molecule has 3 nitrogen and oxygen atoms in total. The van der Waals surface area contributed by atoms with Crippen molar-refractivity contribution in [1.29, 1.82) is 5.26 Å². The Balaban J connectivity index is 1.69. The van der Waals surface area contributed by atoms with Crippen LogP contribution in [0.2, 0.25) is 0 Å². The molecule has 2 aliphatic rings. The van der Waals surface area contributed by atoms with Crippen LogP contribution in [0.1, 0.15) is 110 Å². The Bertz CT molecular complexity index is 451. The molecular weight excluding hydrogens is 322 g/mol. The second-order valence-corrected chi connectivity index (χ2v) is 8.85. The van der Waals surface area contributed by atoms with E-state index in [0.29, 0.717) is 0 Å². The third-order valence-corrected chi connectivity index (χ3v) is 6.81. The van der Waals surface area contributed by atoms with Crippen LogP contribution in [-0.4, -0.2) is 12.1 Å². The fourth-order valence-corrected chi connectivity index (χ4v) is 4.82. The van der Waals surface area contributed by atoms with E-state index in [0.717, 1.165) is 63.7 Å². The van der Waals surface area contributed by atoms with Crippen molar-refractivity contribution in [2.45, 2.75) is 116 Å². The SMILES string of the molecule is CCCCC[C@H]1CC[C@H](C(=O)O[C@H]2CC[C@](C#N)(CCCC)CC2)CC1. The number of esters is 1. The Hall–Kier alpha value is -1.04. The summed E-state index contributed by atoms with van der Waals surface area (Å²) in [7, 11) is 0. The number of carbonyl (C=O) groups is 1. The topological polar surface area (TPSA) is 50.1 Å². The lowest BCUT2D eigenvalue weighted by molar-refractivity contribution is -0.158. The summed E-state index contributed by atoms with van der Waals surface area (Å²) in [5.74, 6) is 0.996. The first kappa shape index (κ1) is 21.3. The number of hydrogen-bond donors (Lipinski definition) is 0. The van der Waals surface area contributed by atoms with Crippen LogP contribution in [0, 0.1) is 28.6 Å². The zero-order chi connectivity index (χ0) is 18.8. The fraction of sp³-hybridized carbons (Fsp3) is 0.913. The standard InChI is InChI=1S/C23H39NO2/c1-3-5-7-8-19-9-11-20(12-10-19)22(25)26-21-13-16-23(18-24,17-14-21)15-6-4-2/h19-21H,3-17H2,1-2H3/t19-,20-,21-,23+. The highest BCUT2D eigenvalue weighted by molar-refractivity contribution is 5.72. The van der Waals surface area contributed by atoms with Crippen LogP contribution in [0.4, 0.5) is 0 Å². The maximum absolute atomic E-state index is 12.5. The summed E-state index contributed by atoms with van der Waals surface area (Å²) in [6.07, 6.45) is 16.6. The highest BCUT2D eigenvalue weighted by atomic mass is 16.5. The van der Waals surface area contributed by atoms with Gasteiger partial charge in [0.25, 0.3) is 0 Å². The predicted molar refractivity (Wildman–Crippen MR) is 106 cm³/mol. The molecule has 2 rings (SSSR count). The number of carbonyl (C=O) groups excluding carboxylic acids is 1. The molecule has 0 bridgehead atoms. The van der Waals surface area contributed by atoms with Crippen molar-refractivity contribution in [2.75, 3.05) is 0 Å². The van der Waals surface area contributed by atoms with Crippen LogP contribution in [0.3, 0.4) is 0 Å². The first-order valence-electron chi connectivity index (χ1n) is 11.2. The van der Waals surface area contributed by atoms with Crippen molar-refractivity contribution in [3.8, 4) is 6.07 Å². The Morgan fingerprint density at radius 3 is 2.23 bits per heavy atom. The lowest BCUT2D eigenvalue weighted by Crippen LogP contribution is -2.33. The van der Waals surface area contributed by atoms with Gasteiger partial charge in [0, 0.05) is 0 Å². The largest absolute Gasteiger partial charge is 0.462 e. The van der Waals surface area contributed by atoms with Crippen LogP contribution in [0.15, 0.2) is 0 Å². The van der Waals surface area contributed by atoms with E-state index in [2.05, 4.69) is 19.9 Å². The number of unbranched alkanes of at least 4 members (excludes halogenated alkanes) is 3. The summed E-state index contributed by atoms with van der Waals surface area (Å²) in [5.41, 5.74) is -0.157. The minimum atomic E-state index is -0.157. The van der Waals surface area contributed by atoms with Crippen LogP contribution < -0.4 is 0 Å². The zero-order valence-corrected chi connectivity index (χ0v) is 17.1. The first-order chi connectivity index (χ1) is 12.6. The highest BCUT2D eigenvalue weighted by Crippen LogP contribution is 2.41. The van der Waals surface area contributed by atoms with Crippen LogP contribution in [0.5, 0.6) is 0 Å². The molecule has 148 valence electrons. The summed E-state index contributed by atoms with van der Waals surface area (Å²) in [4.78, 5) is 12.5. The minimum Gasteiger partial charge on any atom is -0.462 e. The maximum Gasteiger partial charge on any atom is 0.309 e. The molecule has 0 unspecified atom stereocenters. The van der Waals surface area contributed by atoms with E-state index in [-0.39, 0.29) is 23.4 Å². The molecule has 2 saturated carbocycles. The van der Waals surface area contributed by atoms with Crippen molar-refractivity contribution in [1.82, 2.24) is 0 Å². The molecule has 0 aliphatic heterocycles. The van der Waals surface area contributed by atoms with Crippen molar-refractivity contribution < 1.29 is 9.53 Å². The number of nitrogens with zero attached hydrogens (tertiary/aromatic N) is 1. The van der Waals surface area contributed by atoms with Gasteiger partial charge in [-0.05, 0) is 63.7 Å². The average Bonchev–Trinajstić information content (AvgIpc) is 2.68. The molecule has 2 fully saturated rings. The van der Waals surface area contributed by atoms with Gasteiger partial charge in [-0.2, -0.15) is 5.26 Å². The molecule has 0 N–H and O–H groups in total. The van der Waals surface area contributed by atoms with Crippen molar-refractivity contribution in [3.05, 3.63) is 0 Å². The van der Waals surface area contributed by atoms with E-state index in [9.17, 15) is 10.1 Å². The highest BCUT2D eigenvalue weighted by Gasteiger charge is 2.37. The van der Waals surface area contributed by atoms with Gasteiger partial charge in [-0.3, -0.25) is 4.79 Å². The normalized spacial score (nSPS) is 32.0. The third kappa shape index (κ3) is 6.29. The second-order valence-electron chi connectivity index (χ2n) is 8.85. The van der Waals surface area contributed by atoms with Gasteiger partial charge >= 0.3 is 5.97 Å². The van der Waals surface area contributed by atoms with Crippen LogP contribution in [0.25, 0.3) is 0 Å². The number of hydrogen-bond acceptors (Lipinski definition) is 3. The molecule has 0 spiro atoms. The number of rotatable bonds is 9. The summed E-state index contributed by atoms with van der Waals surface area (Å²) in [5, 5.41) is 9.58. The molecule has 0 aromatic rings. The van der Waals surface area contributed by atoms with Gasteiger partial charge in [-0.15, -0.1) is 0 Å². The number of ether oxygens (including phenoxy) is 1. The summed E-state index contributed by atoms with van der Waals surface area (Å²) >= 11 is 0. The fourth-order valence-electron chi connectivity index (χ4n) is 4.82. The van der Waals surface area contributed by atoms with Crippen LogP contribution in [-0.2, 0) is 9.53 Å². The zero-order valence-electron chi connectivity index (χ0n) is 17.1. The molecule has 0 aromatic heterocycles. The van der Waals surface area contributed by atoms with Gasteiger partial charge in [-0.25, -0.2) is 0 Å². The molecule has 0 atom stereocenters. The van der Waals surface area contributed by atoms with E-state index in [1.807, 2.05) is 0 Å². The van der Waals surface area contributed by atoms with Gasteiger partial charge in [0.2, 0.25) is 0 Å². The van der Waals surface area contributed by atoms with E-state index >= 15 is 0 Å². The molecule has 2 aliphatic carbocycles. The van der Waals surface area contributed by atoms with Gasteiger partial charge in [0.1, 0.15) is 6.10 Å². The van der Waals surface area contributed by atoms with E-state index < -0.39 is 0 Å². The van der Waals surface area contributed by atoms with Gasteiger partial charge < -0.3 is 4.74 Å². The molecule has 0 amide bonds. The monoisotopic (exact) mass is 361 g/mol. The minimum absolute atomic E-state index is 0.0417. The third-order valence-electron chi connectivity index (χ3n) is 6.81. The van der Waals surface area contributed by atoms with Crippen molar-refractivity contribution in [2.24, 2.45) is 17.3 Å². The predicted octanol–water partition coefficient (Wildman–Crippen LogP) is 6.56. The molecule has 0 heterocycles. The summed E-state index contributed by atoms with van der Waals surface area (Å²) in [6.45, 7) is 4.43. The Morgan fingerprint density at radius 2 is 1.65 bits per heavy atom. The lowest BCUT2D eigenvalue weighted by atomic mass is 9.71. The molecule has 0 aromatic carbocycles. The van der Waals surface area contributed by atoms with Crippen molar-refractivity contribution >= 4 is 5.97 Å². The van der Waals surface area contributed by atoms with Gasteiger partial charge in [0.05, 0.1) is 17.4 Å². The van der Waals surface area contributed by atoms with Gasteiger partial charge in [-0.1, -0.05) is 52.4 Å². The first-order valence-corrected chi connectivity index (χ1v) is 11.2. The molecular formula is C23H39NO2. The number of nitriles is 1. The Morgan fingerprint density at radius 1 is 1.00 bits per heavy atom. The maximum atomic E-state index is 12.5. The molecule has 3 heteroatoms. The smallest absolute Gasteiger partial charge is 0.309 e.